The molecule has 0 heterocycles. The summed E-state index contributed by atoms with van der Waals surface area (Å²) in [6, 6.07) is 7.06. The van der Waals surface area contributed by atoms with E-state index in [0.29, 0.717) is 9.79 Å². The van der Waals surface area contributed by atoms with Crippen LogP contribution in [0.1, 0.15) is 33.4 Å². The van der Waals surface area contributed by atoms with E-state index in [0.717, 1.165) is 33.4 Å². The highest BCUT2D eigenvalue weighted by Crippen LogP contribution is 2.27. The molecule has 0 unspecified atom stereocenters. The van der Waals surface area contributed by atoms with Crippen LogP contribution in [0.2, 0.25) is 0 Å². The van der Waals surface area contributed by atoms with E-state index >= 15 is 0 Å². The first-order valence-electron chi connectivity index (χ1n) is 7.05. The predicted molar refractivity (Wildman–Crippen MR) is 86.8 cm³/mol. The largest absolute Gasteiger partial charge is 0.219 e. The Morgan fingerprint density at radius 3 is 1.05 bits per heavy atom. The fourth-order valence-electron chi connectivity index (χ4n) is 2.44. The molecule has 0 aliphatic rings. The highest BCUT2D eigenvalue weighted by molar-refractivity contribution is 7.91. The highest BCUT2D eigenvalue weighted by atomic mass is 32.2. The summed E-state index contributed by atoms with van der Waals surface area (Å²) in [4.78, 5) is 0.761. The SMILES string of the molecule is Cc1cc(S(=O)(=O)c2cc(C)c(C)c(C)c2)cc(C)c1C. The van der Waals surface area contributed by atoms with Crippen molar-refractivity contribution in [2.24, 2.45) is 0 Å². The van der Waals surface area contributed by atoms with Gasteiger partial charge in [-0.05, 0) is 99.2 Å². The molecule has 21 heavy (non-hydrogen) atoms. The Morgan fingerprint density at radius 2 is 0.810 bits per heavy atom. The van der Waals surface area contributed by atoms with Gasteiger partial charge in [-0.3, -0.25) is 0 Å². The van der Waals surface area contributed by atoms with Gasteiger partial charge in [0.1, 0.15) is 0 Å². The first kappa shape index (κ1) is 15.8. The molecule has 0 saturated heterocycles. The molecule has 0 amide bonds. The molecular weight excluding hydrogens is 280 g/mol. The molecule has 0 fully saturated rings. The van der Waals surface area contributed by atoms with E-state index in [2.05, 4.69) is 0 Å². The first-order chi connectivity index (χ1) is 9.64. The Bertz CT molecular complexity index is 706. The van der Waals surface area contributed by atoms with Gasteiger partial charge in [-0.25, -0.2) is 8.42 Å². The summed E-state index contributed by atoms with van der Waals surface area (Å²) < 4.78 is 25.7. The quantitative estimate of drug-likeness (QED) is 0.825. The van der Waals surface area contributed by atoms with Crippen LogP contribution in [-0.2, 0) is 9.84 Å². The standard InChI is InChI=1S/C18H22O2S/c1-11-7-17(8-12(2)15(11)5)21(19,20)18-9-13(3)16(6)14(4)10-18/h7-10H,1-6H3. The molecule has 0 saturated carbocycles. The lowest BCUT2D eigenvalue weighted by molar-refractivity contribution is 0.595. The van der Waals surface area contributed by atoms with Crippen LogP contribution in [0, 0.1) is 41.5 Å². The van der Waals surface area contributed by atoms with Crippen LogP contribution in [0.15, 0.2) is 34.1 Å². The van der Waals surface area contributed by atoms with Gasteiger partial charge in [0.25, 0.3) is 0 Å². The summed E-state index contributed by atoms with van der Waals surface area (Å²) in [6.07, 6.45) is 0. The maximum Gasteiger partial charge on any atom is 0.206 e. The second kappa shape index (κ2) is 5.30. The highest BCUT2D eigenvalue weighted by Gasteiger charge is 2.20. The van der Waals surface area contributed by atoms with Gasteiger partial charge in [0.15, 0.2) is 0 Å². The average Bonchev–Trinajstić information content (AvgIpc) is 2.40. The second-order valence-corrected chi connectivity index (χ2v) is 7.82. The summed E-state index contributed by atoms with van der Waals surface area (Å²) in [5, 5.41) is 0. The van der Waals surface area contributed by atoms with E-state index < -0.39 is 9.84 Å². The Labute approximate surface area is 127 Å². The number of aryl methyl sites for hydroxylation is 4. The van der Waals surface area contributed by atoms with E-state index in [4.69, 9.17) is 0 Å². The molecule has 0 radical (unpaired) electrons. The van der Waals surface area contributed by atoms with Crippen molar-refractivity contribution in [3.8, 4) is 0 Å². The number of rotatable bonds is 2. The lowest BCUT2D eigenvalue weighted by Crippen LogP contribution is -2.05. The smallest absolute Gasteiger partial charge is 0.206 e. The summed E-state index contributed by atoms with van der Waals surface area (Å²) in [6.45, 7) is 11.8. The maximum atomic E-state index is 12.9. The van der Waals surface area contributed by atoms with Crippen LogP contribution in [0.4, 0.5) is 0 Å². The molecule has 0 spiro atoms. The molecule has 112 valence electrons. The van der Waals surface area contributed by atoms with Crippen molar-refractivity contribution < 1.29 is 8.42 Å². The molecule has 2 rings (SSSR count). The fourth-order valence-corrected chi connectivity index (χ4v) is 4.04. The van der Waals surface area contributed by atoms with Crippen LogP contribution in [-0.4, -0.2) is 8.42 Å². The molecule has 2 aromatic rings. The molecule has 2 nitrogen and oxygen atoms in total. The number of hydrogen-bond donors (Lipinski definition) is 0. The fraction of sp³-hybridized carbons (Fsp3) is 0.333. The van der Waals surface area contributed by atoms with E-state index in [1.165, 1.54) is 0 Å². The first-order valence-corrected chi connectivity index (χ1v) is 8.53. The third kappa shape index (κ3) is 2.75. The van der Waals surface area contributed by atoms with Gasteiger partial charge >= 0.3 is 0 Å². The molecule has 0 bridgehead atoms. The van der Waals surface area contributed by atoms with E-state index in [9.17, 15) is 8.42 Å². The number of hydrogen-bond acceptors (Lipinski definition) is 2. The lowest BCUT2D eigenvalue weighted by Gasteiger charge is -2.13. The monoisotopic (exact) mass is 302 g/mol. The van der Waals surface area contributed by atoms with E-state index in [1.807, 2.05) is 41.5 Å². The van der Waals surface area contributed by atoms with Gasteiger partial charge in [0, 0.05) is 0 Å². The van der Waals surface area contributed by atoms with E-state index in [-0.39, 0.29) is 0 Å². The van der Waals surface area contributed by atoms with E-state index in [1.54, 1.807) is 24.3 Å². The van der Waals surface area contributed by atoms with Gasteiger partial charge in [0.05, 0.1) is 9.79 Å². The van der Waals surface area contributed by atoms with Crippen LogP contribution >= 0.6 is 0 Å². The maximum absolute atomic E-state index is 12.9. The van der Waals surface area contributed by atoms with Crippen LogP contribution in [0.3, 0.4) is 0 Å². The van der Waals surface area contributed by atoms with Crippen LogP contribution < -0.4 is 0 Å². The van der Waals surface area contributed by atoms with Crippen molar-refractivity contribution in [3.05, 3.63) is 57.6 Å². The normalized spacial score (nSPS) is 11.7. The zero-order valence-corrected chi connectivity index (χ0v) is 14.4. The lowest BCUT2D eigenvalue weighted by atomic mass is 10.1. The zero-order chi connectivity index (χ0) is 15.9. The van der Waals surface area contributed by atoms with Crippen LogP contribution in [0.5, 0.6) is 0 Å². The molecule has 0 N–H and O–H groups in total. The summed E-state index contributed by atoms with van der Waals surface area (Å²) >= 11 is 0. The van der Waals surface area contributed by atoms with Crippen molar-refractivity contribution in [2.75, 3.05) is 0 Å². The Morgan fingerprint density at radius 1 is 0.571 bits per heavy atom. The number of sulfone groups is 1. The summed E-state index contributed by atoms with van der Waals surface area (Å²) in [7, 11) is -3.46. The summed E-state index contributed by atoms with van der Waals surface area (Å²) in [5.41, 5.74) is 6.32. The molecule has 0 aromatic heterocycles. The minimum absolute atomic E-state index is 0.380. The van der Waals surface area contributed by atoms with Crippen molar-refractivity contribution in [1.82, 2.24) is 0 Å². The van der Waals surface area contributed by atoms with Gasteiger partial charge in [-0.15, -0.1) is 0 Å². The molecule has 2 aromatic carbocycles. The minimum Gasteiger partial charge on any atom is -0.219 e. The molecule has 0 aliphatic heterocycles. The van der Waals surface area contributed by atoms with Crippen molar-refractivity contribution in [1.29, 1.82) is 0 Å². The number of benzene rings is 2. The van der Waals surface area contributed by atoms with Crippen LogP contribution in [0.25, 0.3) is 0 Å². The van der Waals surface area contributed by atoms with Crippen molar-refractivity contribution in [2.45, 2.75) is 51.3 Å². The third-order valence-electron chi connectivity index (χ3n) is 4.42. The Balaban J connectivity index is 2.68. The van der Waals surface area contributed by atoms with Crippen molar-refractivity contribution >= 4 is 9.84 Å². The molecule has 0 atom stereocenters. The molecule has 3 heteroatoms. The predicted octanol–water partition coefficient (Wildman–Crippen LogP) is 4.37. The van der Waals surface area contributed by atoms with Gasteiger partial charge < -0.3 is 0 Å². The minimum atomic E-state index is -3.46. The second-order valence-electron chi connectivity index (χ2n) is 5.87. The van der Waals surface area contributed by atoms with Crippen molar-refractivity contribution in [3.63, 3.8) is 0 Å². The molecule has 0 aliphatic carbocycles. The Hall–Kier alpha value is -1.61. The third-order valence-corrected chi connectivity index (χ3v) is 6.13. The summed E-state index contributed by atoms with van der Waals surface area (Å²) in [5.74, 6) is 0. The topological polar surface area (TPSA) is 34.1 Å². The Kier molecular flexibility index (Phi) is 3.98. The van der Waals surface area contributed by atoms with Gasteiger partial charge in [-0.2, -0.15) is 0 Å². The van der Waals surface area contributed by atoms with Gasteiger partial charge in [-0.1, -0.05) is 0 Å². The zero-order valence-electron chi connectivity index (χ0n) is 13.5. The average molecular weight is 302 g/mol. The van der Waals surface area contributed by atoms with Gasteiger partial charge in [0.2, 0.25) is 9.84 Å². The molecular formula is C18H22O2S.